The van der Waals surface area contributed by atoms with Crippen LogP contribution in [0.2, 0.25) is 0 Å². The van der Waals surface area contributed by atoms with Gasteiger partial charge < -0.3 is 5.32 Å². The van der Waals surface area contributed by atoms with Crippen molar-refractivity contribution in [2.24, 2.45) is 0 Å². The van der Waals surface area contributed by atoms with Crippen LogP contribution in [0.4, 0.5) is 13.2 Å². The van der Waals surface area contributed by atoms with E-state index in [-0.39, 0.29) is 11.8 Å². The lowest BCUT2D eigenvalue weighted by Gasteiger charge is -2.03. The lowest BCUT2D eigenvalue weighted by atomic mass is 10.4. The van der Waals surface area contributed by atoms with Gasteiger partial charge >= 0.3 is 0 Å². The van der Waals surface area contributed by atoms with Crippen molar-refractivity contribution in [1.82, 2.24) is 5.32 Å². The first-order valence-electron chi connectivity index (χ1n) is 6.29. The second-order valence-electron chi connectivity index (χ2n) is 3.52. The topological polar surface area (TPSA) is 46.2 Å². The zero-order valence-electron chi connectivity index (χ0n) is 12.6. The molecule has 6 heteroatoms. The maximum absolute atomic E-state index is 11.5. The van der Waals surface area contributed by atoms with Crippen molar-refractivity contribution in [3.8, 4) is 0 Å². The number of hydrogen-bond acceptors (Lipinski definition) is 2. The molecule has 1 N–H and O–H groups in total. The second kappa shape index (κ2) is 17.4. The van der Waals surface area contributed by atoms with E-state index >= 15 is 0 Å². The Balaban J connectivity index is -0.000000277. The van der Waals surface area contributed by atoms with E-state index < -0.39 is 19.0 Å². The third-order valence-corrected chi connectivity index (χ3v) is 1.27. The molecule has 118 valence electrons. The first-order chi connectivity index (χ1) is 9.29. The molecule has 0 radical (unpaired) electrons. The highest BCUT2D eigenvalue weighted by Crippen LogP contribution is 1.92. The first-order valence-corrected chi connectivity index (χ1v) is 6.29. The number of alkyl halides is 3. The molecule has 0 aromatic heterocycles. The van der Waals surface area contributed by atoms with E-state index in [0.29, 0.717) is 6.08 Å². The van der Waals surface area contributed by atoms with Gasteiger partial charge in [0.25, 0.3) is 6.43 Å². The smallest absolute Gasteiger partial charge is 0.257 e. The molecule has 1 amide bonds. The molecular formula is C14H24F3NO2. The summed E-state index contributed by atoms with van der Waals surface area (Å²) in [4.78, 5) is 20.6. The van der Waals surface area contributed by atoms with E-state index in [1.54, 1.807) is 13.8 Å². The molecule has 0 aliphatic carbocycles. The minimum absolute atomic E-state index is 0.0233. The van der Waals surface area contributed by atoms with Crippen molar-refractivity contribution in [1.29, 1.82) is 0 Å². The molecule has 0 fully saturated rings. The second-order valence-corrected chi connectivity index (χ2v) is 3.52. The Kier molecular flexibility index (Phi) is 20.5. The molecule has 0 bridgehead atoms. The molecule has 0 saturated heterocycles. The number of carbonyl (C=O) groups is 2. The Morgan fingerprint density at radius 3 is 1.90 bits per heavy atom. The Labute approximate surface area is 118 Å². The SMILES string of the molecule is CC.CC(=O)/C=C/CF.CC(C)NC(=O)/C=C/C(F)F. The lowest BCUT2D eigenvalue weighted by Crippen LogP contribution is -2.28. The van der Waals surface area contributed by atoms with E-state index in [1.165, 1.54) is 19.1 Å². The van der Waals surface area contributed by atoms with Gasteiger partial charge in [-0.15, -0.1) is 0 Å². The van der Waals surface area contributed by atoms with Gasteiger partial charge in [-0.1, -0.05) is 19.9 Å². The van der Waals surface area contributed by atoms with Gasteiger partial charge in [-0.3, -0.25) is 9.59 Å². The Hall–Kier alpha value is -1.59. The number of hydrogen-bond donors (Lipinski definition) is 1. The number of ketones is 1. The lowest BCUT2D eigenvalue weighted by molar-refractivity contribution is -0.117. The number of allylic oxidation sites excluding steroid dienone is 3. The molecule has 3 nitrogen and oxygen atoms in total. The number of carbonyl (C=O) groups excluding carboxylic acids is 2. The van der Waals surface area contributed by atoms with Crippen LogP contribution in [-0.2, 0) is 9.59 Å². The van der Waals surface area contributed by atoms with Crippen molar-refractivity contribution >= 4 is 11.7 Å². The average Bonchev–Trinajstić information content (AvgIpc) is 2.36. The molecule has 0 heterocycles. The van der Waals surface area contributed by atoms with Gasteiger partial charge in [0.2, 0.25) is 5.91 Å². The summed E-state index contributed by atoms with van der Waals surface area (Å²) in [5, 5.41) is 2.44. The van der Waals surface area contributed by atoms with Crippen molar-refractivity contribution in [3.63, 3.8) is 0 Å². The summed E-state index contributed by atoms with van der Waals surface area (Å²) >= 11 is 0. The van der Waals surface area contributed by atoms with Crippen LogP contribution in [0.3, 0.4) is 0 Å². The predicted molar refractivity (Wildman–Crippen MR) is 75.6 cm³/mol. The fourth-order valence-corrected chi connectivity index (χ4v) is 0.703. The largest absolute Gasteiger partial charge is 0.350 e. The highest BCUT2D eigenvalue weighted by molar-refractivity contribution is 5.87. The molecule has 0 aliphatic rings. The summed E-state index contributed by atoms with van der Waals surface area (Å²) in [5.74, 6) is -0.599. The highest BCUT2D eigenvalue weighted by Gasteiger charge is 1.99. The fraction of sp³-hybridized carbons (Fsp3) is 0.571. The van der Waals surface area contributed by atoms with Crippen LogP contribution in [0.25, 0.3) is 0 Å². The minimum atomic E-state index is -2.56. The van der Waals surface area contributed by atoms with Gasteiger partial charge in [0.15, 0.2) is 5.78 Å². The molecule has 0 aliphatic heterocycles. The Morgan fingerprint density at radius 1 is 1.15 bits per heavy atom. The van der Waals surface area contributed by atoms with Crippen LogP contribution in [0.1, 0.15) is 34.6 Å². The summed E-state index contributed by atoms with van der Waals surface area (Å²) in [6.07, 6.45) is 1.22. The van der Waals surface area contributed by atoms with E-state index in [9.17, 15) is 22.8 Å². The average molecular weight is 295 g/mol. The molecule has 20 heavy (non-hydrogen) atoms. The summed E-state index contributed by atoms with van der Waals surface area (Å²) in [7, 11) is 0. The van der Waals surface area contributed by atoms with E-state index in [4.69, 9.17) is 0 Å². The van der Waals surface area contributed by atoms with Crippen LogP contribution in [0.5, 0.6) is 0 Å². The molecule has 0 atom stereocenters. The maximum atomic E-state index is 11.5. The maximum Gasteiger partial charge on any atom is 0.257 e. The zero-order chi connectivity index (χ0) is 16.6. The van der Waals surface area contributed by atoms with Gasteiger partial charge in [-0.05, 0) is 32.9 Å². The molecular weight excluding hydrogens is 271 g/mol. The van der Waals surface area contributed by atoms with Gasteiger partial charge in [0, 0.05) is 12.1 Å². The number of rotatable bonds is 5. The van der Waals surface area contributed by atoms with Crippen molar-refractivity contribution in [2.45, 2.75) is 47.1 Å². The fourth-order valence-electron chi connectivity index (χ4n) is 0.703. The van der Waals surface area contributed by atoms with Crippen molar-refractivity contribution < 1.29 is 22.8 Å². The predicted octanol–water partition coefficient (Wildman–Crippen LogP) is 3.46. The zero-order valence-corrected chi connectivity index (χ0v) is 12.6. The van der Waals surface area contributed by atoms with Crippen LogP contribution in [-0.4, -0.2) is 30.8 Å². The Bertz CT molecular complexity index is 301. The summed E-state index contributed by atoms with van der Waals surface area (Å²) in [6, 6.07) is -0.0233. The number of amides is 1. The molecule has 0 spiro atoms. The summed E-state index contributed by atoms with van der Waals surface area (Å²) < 4.78 is 34.0. The van der Waals surface area contributed by atoms with E-state index in [1.807, 2.05) is 13.8 Å². The third kappa shape index (κ3) is 29.9. The highest BCUT2D eigenvalue weighted by atomic mass is 19.3. The van der Waals surface area contributed by atoms with Crippen LogP contribution < -0.4 is 5.32 Å². The van der Waals surface area contributed by atoms with Gasteiger partial charge in [0.05, 0.1) is 0 Å². The van der Waals surface area contributed by atoms with Crippen molar-refractivity contribution in [2.75, 3.05) is 6.67 Å². The summed E-state index contributed by atoms with van der Waals surface area (Å²) in [5.41, 5.74) is 0. The van der Waals surface area contributed by atoms with Gasteiger partial charge in [-0.25, -0.2) is 13.2 Å². The van der Waals surface area contributed by atoms with E-state index in [2.05, 4.69) is 5.32 Å². The molecule has 0 rings (SSSR count). The molecule has 0 aromatic carbocycles. The third-order valence-electron chi connectivity index (χ3n) is 1.27. The monoisotopic (exact) mass is 295 g/mol. The van der Waals surface area contributed by atoms with E-state index in [0.717, 1.165) is 6.08 Å². The molecule has 0 aromatic rings. The van der Waals surface area contributed by atoms with Gasteiger partial charge in [0.1, 0.15) is 6.67 Å². The number of halogens is 3. The van der Waals surface area contributed by atoms with Gasteiger partial charge in [-0.2, -0.15) is 0 Å². The van der Waals surface area contributed by atoms with Crippen LogP contribution in [0, 0.1) is 0 Å². The first kappa shape index (κ1) is 23.5. The van der Waals surface area contributed by atoms with Crippen LogP contribution in [0.15, 0.2) is 24.3 Å². The summed E-state index contributed by atoms with van der Waals surface area (Å²) in [6.45, 7) is 8.34. The quantitative estimate of drug-likeness (QED) is 0.790. The van der Waals surface area contributed by atoms with Crippen molar-refractivity contribution in [3.05, 3.63) is 24.3 Å². The molecule has 0 saturated carbocycles. The Morgan fingerprint density at radius 2 is 1.65 bits per heavy atom. The molecule has 0 unspecified atom stereocenters. The minimum Gasteiger partial charge on any atom is -0.350 e. The number of nitrogens with one attached hydrogen (secondary N) is 1. The van der Waals surface area contributed by atoms with Crippen LogP contribution >= 0.6 is 0 Å². The standard InChI is InChI=1S/C7H11F2NO.C5H7FO.C2H6/c1-5(2)10-7(11)4-3-6(8)9;1-5(7)3-2-4-6;1-2/h3-6H,1-2H3,(H,10,11);2-3H,4H2,1H3;1-2H3/b4-3+;3-2+;. The normalized spacial score (nSPS) is 10.1.